The zero-order chi connectivity index (χ0) is 26.9. The van der Waals surface area contributed by atoms with Crippen LogP contribution in [0.5, 0.6) is 5.75 Å². The molecule has 2 aromatic rings. The summed E-state index contributed by atoms with van der Waals surface area (Å²) in [6.45, 7) is 6.00. The molecule has 8 nitrogen and oxygen atoms in total. The standard InChI is InChI=1S/C26H36BrN3O5S/c1-6-19(2)28-26(32)20(3)29(18-21-10-7-11-22(27)16-21)25(31)14-9-15-30(36(5,33)34)23-12-8-13-24(17-23)35-4/h7-8,10-13,16-17,19-20H,6,9,14-15,18H2,1-5H3,(H,28,32). The maximum absolute atomic E-state index is 13.3. The maximum Gasteiger partial charge on any atom is 0.242 e. The van der Waals surface area contributed by atoms with Gasteiger partial charge in [-0.1, -0.05) is 41.1 Å². The average molecular weight is 583 g/mol. The first-order valence-electron chi connectivity index (χ1n) is 11.9. The number of halogens is 1. The van der Waals surface area contributed by atoms with Gasteiger partial charge in [-0.05, 0) is 56.5 Å². The summed E-state index contributed by atoms with van der Waals surface area (Å²) in [5, 5.41) is 2.95. The number of sulfonamides is 1. The molecular formula is C26H36BrN3O5S. The molecule has 2 unspecified atom stereocenters. The Labute approximate surface area is 223 Å². The molecular weight excluding hydrogens is 546 g/mol. The second-order valence-corrected chi connectivity index (χ2v) is 11.6. The number of nitrogens with one attached hydrogen (secondary N) is 1. The number of hydrogen-bond acceptors (Lipinski definition) is 5. The summed E-state index contributed by atoms with van der Waals surface area (Å²) in [6.07, 6.45) is 2.29. The molecule has 0 spiro atoms. The van der Waals surface area contributed by atoms with E-state index in [1.54, 1.807) is 36.1 Å². The summed E-state index contributed by atoms with van der Waals surface area (Å²) in [5.74, 6) is 0.0984. The molecule has 0 saturated carbocycles. The van der Waals surface area contributed by atoms with Crippen LogP contribution in [0.15, 0.2) is 53.0 Å². The van der Waals surface area contributed by atoms with Gasteiger partial charge in [0, 0.05) is 36.1 Å². The fourth-order valence-electron chi connectivity index (χ4n) is 3.65. The zero-order valence-electron chi connectivity index (χ0n) is 21.5. The molecule has 0 aliphatic heterocycles. The number of carbonyl (C=O) groups excluding carboxylic acids is 2. The van der Waals surface area contributed by atoms with E-state index in [1.165, 1.54) is 11.4 Å². The van der Waals surface area contributed by atoms with E-state index in [9.17, 15) is 18.0 Å². The van der Waals surface area contributed by atoms with Crippen molar-refractivity contribution in [2.45, 2.75) is 58.7 Å². The quantitative estimate of drug-likeness (QED) is 0.379. The maximum atomic E-state index is 13.3. The van der Waals surface area contributed by atoms with Crippen molar-refractivity contribution in [1.29, 1.82) is 0 Å². The van der Waals surface area contributed by atoms with Crippen LogP contribution in [0.2, 0.25) is 0 Å². The third kappa shape index (κ3) is 8.81. The van der Waals surface area contributed by atoms with Gasteiger partial charge in [0.05, 0.1) is 19.1 Å². The second-order valence-electron chi connectivity index (χ2n) is 8.79. The number of anilines is 1. The average Bonchev–Trinajstić information content (AvgIpc) is 2.83. The minimum atomic E-state index is -3.58. The van der Waals surface area contributed by atoms with E-state index in [4.69, 9.17) is 4.74 Å². The summed E-state index contributed by atoms with van der Waals surface area (Å²) >= 11 is 3.45. The van der Waals surface area contributed by atoms with Gasteiger partial charge in [-0.3, -0.25) is 13.9 Å². The smallest absolute Gasteiger partial charge is 0.242 e. The van der Waals surface area contributed by atoms with Crippen molar-refractivity contribution in [3.8, 4) is 5.75 Å². The van der Waals surface area contributed by atoms with Crippen LogP contribution in [0.4, 0.5) is 5.69 Å². The molecule has 0 heterocycles. The monoisotopic (exact) mass is 581 g/mol. The van der Waals surface area contributed by atoms with Crippen LogP contribution in [0.1, 0.15) is 45.6 Å². The molecule has 0 aliphatic carbocycles. The molecule has 198 valence electrons. The van der Waals surface area contributed by atoms with Gasteiger partial charge in [0.1, 0.15) is 11.8 Å². The minimum absolute atomic E-state index is 0.00560. The lowest BCUT2D eigenvalue weighted by Gasteiger charge is -2.30. The van der Waals surface area contributed by atoms with Crippen LogP contribution < -0.4 is 14.4 Å². The summed E-state index contributed by atoms with van der Waals surface area (Å²) in [5.41, 5.74) is 1.35. The molecule has 0 aliphatic rings. The highest BCUT2D eigenvalue weighted by atomic mass is 79.9. The van der Waals surface area contributed by atoms with Gasteiger partial charge in [-0.15, -0.1) is 0 Å². The Hall–Kier alpha value is -2.59. The van der Waals surface area contributed by atoms with Gasteiger partial charge in [0.25, 0.3) is 0 Å². The third-order valence-corrected chi connectivity index (χ3v) is 7.59. The highest BCUT2D eigenvalue weighted by Gasteiger charge is 2.27. The highest BCUT2D eigenvalue weighted by molar-refractivity contribution is 9.10. The second kappa shape index (κ2) is 13.6. The number of nitrogens with zero attached hydrogens (tertiary/aromatic N) is 2. The molecule has 2 rings (SSSR count). The van der Waals surface area contributed by atoms with Gasteiger partial charge in [0.2, 0.25) is 21.8 Å². The SMILES string of the molecule is CCC(C)NC(=O)C(C)N(Cc1cccc(Br)c1)C(=O)CCCN(c1cccc(OC)c1)S(C)(=O)=O. The van der Waals surface area contributed by atoms with Gasteiger partial charge in [-0.2, -0.15) is 0 Å². The Balaban J connectivity index is 2.18. The minimum Gasteiger partial charge on any atom is -0.497 e. The van der Waals surface area contributed by atoms with Crippen LogP contribution in [-0.2, 0) is 26.2 Å². The predicted molar refractivity (Wildman–Crippen MR) is 146 cm³/mol. The molecule has 2 amide bonds. The van der Waals surface area contributed by atoms with E-state index in [0.29, 0.717) is 11.4 Å². The molecule has 2 aromatic carbocycles. The lowest BCUT2D eigenvalue weighted by Crippen LogP contribution is -2.49. The van der Waals surface area contributed by atoms with Gasteiger partial charge in [-0.25, -0.2) is 8.42 Å². The third-order valence-electron chi connectivity index (χ3n) is 5.90. The van der Waals surface area contributed by atoms with Gasteiger partial charge < -0.3 is 15.0 Å². The van der Waals surface area contributed by atoms with Crippen LogP contribution in [-0.4, -0.2) is 57.1 Å². The Morgan fingerprint density at radius 3 is 2.42 bits per heavy atom. The van der Waals surface area contributed by atoms with Crippen molar-refractivity contribution in [3.63, 3.8) is 0 Å². The van der Waals surface area contributed by atoms with E-state index in [-0.39, 0.29) is 43.8 Å². The Morgan fingerprint density at radius 2 is 1.81 bits per heavy atom. The highest BCUT2D eigenvalue weighted by Crippen LogP contribution is 2.24. The number of carbonyl (C=O) groups is 2. The van der Waals surface area contributed by atoms with Gasteiger partial charge >= 0.3 is 0 Å². The molecule has 0 aromatic heterocycles. The number of amides is 2. The van der Waals surface area contributed by atoms with Crippen molar-refractivity contribution in [1.82, 2.24) is 10.2 Å². The molecule has 0 fully saturated rings. The molecule has 2 atom stereocenters. The Morgan fingerprint density at radius 1 is 1.11 bits per heavy atom. The predicted octanol–water partition coefficient (Wildman–Crippen LogP) is 4.34. The molecule has 0 bridgehead atoms. The first kappa shape index (κ1) is 29.6. The lowest BCUT2D eigenvalue weighted by atomic mass is 10.1. The molecule has 36 heavy (non-hydrogen) atoms. The van der Waals surface area contributed by atoms with Crippen molar-refractivity contribution < 1.29 is 22.7 Å². The van der Waals surface area contributed by atoms with E-state index >= 15 is 0 Å². The number of rotatable bonds is 13. The summed E-state index contributed by atoms with van der Waals surface area (Å²) in [4.78, 5) is 27.8. The lowest BCUT2D eigenvalue weighted by molar-refractivity contribution is -0.140. The normalized spacial score (nSPS) is 12.9. The largest absolute Gasteiger partial charge is 0.497 e. The number of methoxy groups -OCH3 is 1. The summed E-state index contributed by atoms with van der Waals surface area (Å²) < 4.78 is 32.3. The van der Waals surface area contributed by atoms with Crippen LogP contribution in [0.25, 0.3) is 0 Å². The van der Waals surface area contributed by atoms with E-state index in [0.717, 1.165) is 22.7 Å². The molecule has 10 heteroatoms. The van der Waals surface area contributed by atoms with E-state index in [2.05, 4.69) is 21.2 Å². The fourth-order valence-corrected chi connectivity index (χ4v) is 5.05. The fraction of sp³-hybridized carbons (Fsp3) is 0.462. The van der Waals surface area contributed by atoms with E-state index in [1.807, 2.05) is 38.1 Å². The number of ether oxygens (including phenoxy) is 1. The first-order valence-corrected chi connectivity index (χ1v) is 14.6. The van der Waals surface area contributed by atoms with Crippen molar-refractivity contribution in [2.75, 3.05) is 24.2 Å². The van der Waals surface area contributed by atoms with Crippen LogP contribution in [0.3, 0.4) is 0 Å². The van der Waals surface area contributed by atoms with Crippen LogP contribution in [0, 0.1) is 0 Å². The Kier molecular flexibility index (Phi) is 11.2. The summed E-state index contributed by atoms with van der Waals surface area (Å²) in [7, 11) is -2.06. The van der Waals surface area contributed by atoms with E-state index < -0.39 is 16.1 Å². The zero-order valence-corrected chi connectivity index (χ0v) is 23.9. The number of hydrogen-bond donors (Lipinski definition) is 1. The van der Waals surface area contributed by atoms with Gasteiger partial charge in [0.15, 0.2) is 0 Å². The molecule has 0 saturated heterocycles. The van der Waals surface area contributed by atoms with Crippen molar-refractivity contribution in [3.05, 3.63) is 58.6 Å². The van der Waals surface area contributed by atoms with Crippen molar-refractivity contribution in [2.24, 2.45) is 0 Å². The Bertz CT molecular complexity index is 1140. The molecule has 0 radical (unpaired) electrons. The van der Waals surface area contributed by atoms with Crippen LogP contribution >= 0.6 is 15.9 Å². The summed E-state index contributed by atoms with van der Waals surface area (Å²) in [6, 6.07) is 13.7. The molecule has 1 N–H and O–H groups in total. The topological polar surface area (TPSA) is 96.0 Å². The number of benzene rings is 2. The van der Waals surface area contributed by atoms with Crippen molar-refractivity contribution >= 4 is 43.5 Å². The first-order chi connectivity index (χ1) is 17.0.